The SMILES string of the molecule is COC(=O)C1CC2(C1)C(=O)[N]([Al])CC(=O)[N+]2=Cc1ccc(Cl)cc1. The standard InChI is InChI=1S/C16H15ClN2O4.Al/c1-23-14(21)11-6-16(7-11)15(22)18-8-13(20)19(16)9-10-2-4-12(17)5-3-10;/h2-5,9,11H,6-8H2,1H3;/q;+1. The van der Waals surface area contributed by atoms with E-state index in [4.69, 9.17) is 16.3 Å². The lowest BCUT2D eigenvalue weighted by atomic mass is 9.66. The molecule has 2 aliphatic rings. The summed E-state index contributed by atoms with van der Waals surface area (Å²) in [6.07, 6.45) is 2.18. The maximum Gasteiger partial charge on any atom is 0.405 e. The smallest absolute Gasteiger partial charge is 0.405 e. The molecule has 8 heteroatoms. The second-order valence-electron chi connectivity index (χ2n) is 6.04. The first kappa shape index (κ1) is 17.2. The number of amides is 2. The van der Waals surface area contributed by atoms with Gasteiger partial charge in [-0.3, -0.25) is 9.59 Å². The highest BCUT2D eigenvalue weighted by Crippen LogP contribution is 2.44. The molecule has 122 valence electrons. The Morgan fingerprint density at radius 2 is 2.00 bits per heavy atom. The highest BCUT2D eigenvalue weighted by molar-refractivity contribution is 6.30. The minimum absolute atomic E-state index is 0.0156. The summed E-state index contributed by atoms with van der Waals surface area (Å²) >= 11 is 8.16. The van der Waals surface area contributed by atoms with Crippen molar-refractivity contribution in [1.82, 2.24) is 3.88 Å². The van der Waals surface area contributed by atoms with E-state index in [1.165, 1.54) is 15.6 Å². The molecule has 0 N–H and O–H groups in total. The molecular weight excluding hydrogens is 347 g/mol. The Hall–Kier alpha value is -1.68. The fourth-order valence-electron chi connectivity index (χ4n) is 3.26. The van der Waals surface area contributed by atoms with Gasteiger partial charge in [0.1, 0.15) is 6.54 Å². The summed E-state index contributed by atoms with van der Waals surface area (Å²) in [4.78, 5) is 36.9. The van der Waals surface area contributed by atoms with Crippen LogP contribution < -0.4 is 0 Å². The van der Waals surface area contributed by atoms with Crippen LogP contribution in [0.5, 0.6) is 0 Å². The molecule has 3 rings (SSSR count). The average Bonchev–Trinajstić information content (AvgIpc) is 2.52. The number of carbonyl (C=O) groups is 3. The Labute approximate surface area is 152 Å². The Morgan fingerprint density at radius 3 is 2.58 bits per heavy atom. The van der Waals surface area contributed by atoms with Gasteiger partial charge in [-0.2, -0.15) is 4.58 Å². The molecular formula is C16H15AlClN2O4+. The van der Waals surface area contributed by atoms with Crippen molar-refractivity contribution in [2.45, 2.75) is 18.4 Å². The molecule has 6 nitrogen and oxygen atoms in total. The van der Waals surface area contributed by atoms with Crippen molar-refractivity contribution < 1.29 is 23.7 Å². The summed E-state index contributed by atoms with van der Waals surface area (Å²) < 4.78 is 7.55. The number of esters is 1. The molecule has 2 fully saturated rings. The van der Waals surface area contributed by atoms with Crippen LogP contribution in [0.25, 0.3) is 0 Å². The van der Waals surface area contributed by atoms with Crippen molar-refractivity contribution in [3.8, 4) is 0 Å². The Balaban J connectivity index is 1.98. The zero-order chi connectivity index (χ0) is 17.5. The first-order valence-corrected chi connectivity index (χ1v) is 8.34. The lowest BCUT2D eigenvalue weighted by Crippen LogP contribution is -2.70. The molecule has 0 bridgehead atoms. The molecule has 1 spiro atoms. The van der Waals surface area contributed by atoms with Crippen molar-refractivity contribution in [3.63, 3.8) is 0 Å². The fraction of sp³-hybridized carbons (Fsp3) is 0.375. The molecule has 1 aromatic rings. The van der Waals surface area contributed by atoms with Gasteiger partial charge < -0.3 is 8.62 Å². The van der Waals surface area contributed by atoms with Gasteiger partial charge in [-0.15, -0.1) is 0 Å². The van der Waals surface area contributed by atoms with Crippen LogP contribution in [-0.2, 0) is 19.1 Å². The number of benzene rings is 1. The van der Waals surface area contributed by atoms with E-state index in [1.54, 1.807) is 30.5 Å². The summed E-state index contributed by atoms with van der Waals surface area (Å²) in [5.41, 5.74) is -0.256. The summed E-state index contributed by atoms with van der Waals surface area (Å²) in [5, 5.41) is 0.591. The monoisotopic (exact) mass is 361 g/mol. The number of halogens is 1. The summed E-state index contributed by atoms with van der Waals surface area (Å²) in [6, 6.07) is 6.99. The van der Waals surface area contributed by atoms with Gasteiger partial charge in [-0.1, -0.05) is 11.6 Å². The van der Waals surface area contributed by atoms with Crippen LogP contribution in [-0.4, -0.2) is 68.2 Å². The van der Waals surface area contributed by atoms with Crippen molar-refractivity contribution >= 4 is 52.1 Å². The van der Waals surface area contributed by atoms with E-state index in [-0.39, 0.29) is 43.1 Å². The Morgan fingerprint density at radius 1 is 1.38 bits per heavy atom. The fourth-order valence-corrected chi connectivity index (χ4v) is 3.78. The normalized spacial score (nSPS) is 28.2. The Bertz CT molecular complexity index is 741. The third kappa shape index (κ3) is 2.77. The van der Waals surface area contributed by atoms with Crippen molar-refractivity contribution in [1.29, 1.82) is 0 Å². The summed E-state index contributed by atoms with van der Waals surface area (Å²) in [6.45, 7) is -0.0156. The summed E-state index contributed by atoms with van der Waals surface area (Å²) in [7, 11) is 1.32. The molecule has 1 saturated heterocycles. The topological polar surface area (TPSA) is 66.7 Å². The third-order valence-electron chi connectivity index (χ3n) is 4.55. The number of carbonyl (C=O) groups excluding carboxylic acids is 3. The molecule has 2 radical (unpaired) electrons. The molecule has 1 heterocycles. The number of hydrogen-bond acceptors (Lipinski definition) is 4. The first-order chi connectivity index (χ1) is 11.4. The Kier molecular flexibility index (Phi) is 4.52. The molecule has 1 aromatic carbocycles. The van der Waals surface area contributed by atoms with Gasteiger partial charge in [0.2, 0.25) is 5.54 Å². The second-order valence-corrected chi connectivity index (χ2v) is 7.10. The van der Waals surface area contributed by atoms with E-state index in [9.17, 15) is 14.4 Å². The van der Waals surface area contributed by atoms with Crippen LogP contribution in [0.2, 0.25) is 5.02 Å². The van der Waals surface area contributed by atoms with Crippen LogP contribution in [0.1, 0.15) is 18.4 Å². The zero-order valence-corrected chi connectivity index (χ0v) is 15.0. The lowest BCUT2D eigenvalue weighted by molar-refractivity contribution is -0.539. The van der Waals surface area contributed by atoms with E-state index in [2.05, 4.69) is 16.5 Å². The van der Waals surface area contributed by atoms with Crippen LogP contribution in [0.15, 0.2) is 24.3 Å². The maximum atomic E-state index is 12.7. The molecule has 1 aliphatic carbocycles. The van der Waals surface area contributed by atoms with Crippen molar-refractivity contribution in [3.05, 3.63) is 34.9 Å². The predicted octanol–water partition coefficient (Wildman–Crippen LogP) is 0.546. The van der Waals surface area contributed by atoms with Crippen LogP contribution in [0.3, 0.4) is 0 Å². The van der Waals surface area contributed by atoms with E-state index < -0.39 is 5.54 Å². The zero-order valence-electron chi connectivity index (χ0n) is 13.1. The minimum Gasteiger partial charge on any atom is -0.469 e. The first-order valence-electron chi connectivity index (χ1n) is 7.44. The summed E-state index contributed by atoms with van der Waals surface area (Å²) in [5.74, 6) is -1.10. The second kappa shape index (κ2) is 6.32. The van der Waals surface area contributed by atoms with Crippen molar-refractivity contribution in [2.75, 3.05) is 13.7 Å². The molecule has 24 heavy (non-hydrogen) atoms. The van der Waals surface area contributed by atoms with E-state index in [0.717, 1.165) is 5.56 Å². The molecule has 0 atom stereocenters. The highest BCUT2D eigenvalue weighted by Gasteiger charge is 2.66. The number of piperazine rings is 1. The van der Waals surface area contributed by atoms with Crippen LogP contribution in [0, 0.1) is 5.92 Å². The van der Waals surface area contributed by atoms with Gasteiger partial charge >= 0.3 is 28.4 Å². The van der Waals surface area contributed by atoms with Gasteiger partial charge in [-0.05, 0) is 24.3 Å². The maximum absolute atomic E-state index is 12.7. The number of nitrogens with zero attached hydrogens (tertiary/aromatic N) is 2. The number of ether oxygens (including phenoxy) is 1. The van der Waals surface area contributed by atoms with E-state index in [1.807, 2.05) is 0 Å². The number of hydrogen-bond donors (Lipinski definition) is 0. The predicted molar refractivity (Wildman–Crippen MR) is 86.8 cm³/mol. The van der Waals surface area contributed by atoms with Crippen LogP contribution in [0.4, 0.5) is 0 Å². The van der Waals surface area contributed by atoms with Crippen molar-refractivity contribution in [2.24, 2.45) is 5.92 Å². The molecule has 1 saturated carbocycles. The lowest BCUT2D eigenvalue weighted by Gasteiger charge is -2.45. The van der Waals surface area contributed by atoms with Gasteiger partial charge in [0.05, 0.1) is 13.0 Å². The molecule has 0 unspecified atom stereocenters. The van der Waals surface area contributed by atoms with E-state index in [0.29, 0.717) is 5.02 Å². The van der Waals surface area contributed by atoms with Gasteiger partial charge in [0, 0.05) is 23.4 Å². The third-order valence-corrected chi connectivity index (χ3v) is 5.21. The quantitative estimate of drug-likeness (QED) is 0.438. The number of rotatable bonds is 2. The minimum atomic E-state index is -1.02. The molecule has 0 aromatic heterocycles. The number of methoxy groups -OCH3 is 1. The molecule has 2 amide bonds. The van der Waals surface area contributed by atoms with Gasteiger partial charge in [0.15, 0.2) is 6.21 Å². The largest absolute Gasteiger partial charge is 0.469 e. The van der Waals surface area contributed by atoms with Gasteiger partial charge in [-0.25, -0.2) is 4.79 Å². The van der Waals surface area contributed by atoms with E-state index >= 15 is 0 Å². The molecule has 1 aliphatic heterocycles. The average molecular weight is 362 g/mol. The highest BCUT2D eigenvalue weighted by atomic mass is 35.5. The van der Waals surface area contributed by atoms with Crippen LogP contribution >= 0.6 is 11.6 Å². The van der Waals surface area contributed by atoms with Gasteiger partial charge in [0.25, 0.3) is 5.91 Å².